The number of anilines is 1. The van der Waals surface area contributed by atoms with Gasteiger partial charge in [-0.15, -0.1) is 0 Å². The predicted molar refractivity (Wildman–Crippen MR) is 117 cm³/mol. The van der Waals surface area contributed by atoms with E-state index in [9.17, 15) is 22.4 Å². The molecule has 5 rings (SSSR count). The highest BCUT2D eigenvalue weighted by molar-refractivity contribution is 6.33. The standard InChI is InChI=1S/C23H25ClF4N4O/c1-12(14-4-3-5-15(17(14)25)19(26)27)29-20-16(18(24)30-13(2)31-20)21(33)32-23-9-6-22(28,7-10-23)8-11-23/h3-5,12,19H,6-11H2,1-2H3,(H,32,33)(H,29,30,31)/t12-,22?,23?/m1/s1. The van der Waals surface area contributed by atoms with Gasteiger partial charge in [0.15, 0.2) is 0 Å². The van der Waals surface area contributed by atoms with E-state index in [0.29, 0.717) is 38.5 Å². The average molecular weight is 485 g/mol. The van der Waals surface area contributed by atoms with E-state index in [0.717, 1.165) is 6.07 Å². The van der Waals surface area contributed by atoms with Crippen molar-refractivity contribution in [3.05, 3.63) is 51.7 Å². The minimum absolute atomic E-state index is 0.00369. The molecule has 0 unspecified atom stereocenters. The van der Waals surface area contributed by atoms with Crippen LogP contribution in [0.2, 0.25) is 5.15 Å². The second-order valence-corrected chi connectivity index (χ2v) is 9.45. The van der Waals surface area contributed by atoms with Crippen molar-refractivity contribution in [3.8, 4) is 0 Å². The lowest BCUT2D eigenvalue weighted by molar-refractivity contribution is -0.00650. The van der Waals surface area contributed by atoms with Gasteiger partial charge < -0.3 is 10.6 Å². The Kier molecular flexibility index (Phi) is 6.28. The van der Waals surface area contributed by atoms with Crippen LogP contribution in [0.5, 0.6) is 0 Å². The first-order valence-corrected chi connectivity index (χ1v) is 11.3. The highest BCUT2D eigenvalue weighted by Gasteiger charge is 2.50. The zero-order valence-electron chi connectivity index (χ0n) is 18.3. The molecule has 1 aromatic heterocycles. The number of alkyl halides is 3. The molecule has 0 aliphatic heterocycles. The van der Waals surface area contributed by atoms with Crippen LogP contribution >= 0.6 is 11.6 Å². The number of hydrogen-bond donors (Lipinski definition) is 2. The van der Waals surface area contributed by atoms with Crippen LogP contribution in [-0.4, -0.2) is 27.1 Å². The summed E-state index contributed by atoms with van der Waals surface area (Å²) in [7, 11) is 0. The molecule has 3 aliphatic rings. The fourth-order valence-electron chi connectivity index (χ4n) is 4.83. The van der Waals surface area contributed by atoms with Crippen LogP contribution in [0.1, 0.15) is 85.2 Å². The Balaban J connectivity index is 1.61. The third-order valence-electron chi connectivity index (χ3n) is 6.85. The van der Waals surface area contributed by atoms with E-state index in [1.54, 1.807) is 13.8 Å². The number of amides is 1. The van der Waals surface area contributed by atoms with Crippen molar-refractivity contribution in [2.24, 2.45) is 0 Å². The zero-order chi connectivity index (χ0) is 24.0. The number of fused-ring (bicyclic) bond motifs is 3. The summed E-state index contributed by atoms with van der Waals surface area (Å²) >= 11 is 6.31. The van der Waals surface area contributed by atoms with E-state index in [2.05, 4.69) is 20.6 Å². The van der Waals surface area contributed by atoms with Gasteiger partial charge in [-0.3, -0.25) is 4.79 Å². The normalized spacial score (nSPS) is 25.2. The summed E-state index contributed by atoms with van der Waals surface area (Å²) in [5, 5.41) is 5.87. The highest BCUT2D eigenvalue weighted by Crippen LogP contribution is 2.49. The van der Waals surface area contributed by atoms with Crippen LogP contribution in [0.25, 0.3) is 0 Å². The first kappa shape index (κ1) is 23.7. The quantitative estimate of drug-likeness (QED) is 0.376. The summed E-state index contributed by atoms with van der Waals surface area (Å²) in [6.45, 7) is 3.16. The first-order chi connectivity index (χ1) is 15.5. The Hall–Kier alpha value is -2.42. The van der Waals surface area contributed by atoms with Crippen LogP contribution in [0.3, 0.4) is 0 Å². The number of aryl methyl sites for hydroxylation is 1. The minimum atomic E-state index is -2.96. The number of carbonyl (C=O) groups excluding carboxylic acids is 1. The van der Waals surface area contributed by atoms with Crippen LogP contribution in [-0.2, 0) is 0 Å². The molecule has 33 heavy (non-hydrogen) atoms. The van der Waals surface area contributed by atoms with Gasteiger partial charge in [0.25, 0.3) is 12.3 Å². The predicted octanol–water partition coefficient (Wildman–Crippen LogP) is 6.23. The van der Waals surface area contributed by atoms with E-state index >= 15 is 0 Å². The molecular weight excluding hydrogens is 460 g/mol. The van der Waals surface area contributed by atoms with Gasteiger partial charge in [0, 0.05) is 11.1 Å². The van der Waals surface area contributed by atoms with Gasteiger partial charge in [-0.05, 0) is 52.4 Å². The summed E-state index contributed by atoms with van der Waals surface area (Å²) in [6.07, 6.45) is -0.171. The first-order valence-electron chi connectivity index (χ1n) is 10.9. The topological polar surface area (TPSA) is 66.9 Å². The fourth-order valence-corrected chi connectivity index (χ4v) is 5.13. The summed E-state index contributed by atoms with van der Waals surface area (Å²) < 4.78 is 55.4. The molecule has 3 aliphatic carbocycles. The molecule has 1 atom stereocenters. The van der Waals surface area contributed by atoms with Gasteiger partial charge in [-0.1, -0.05) is 29.8 Å². The number of aromatic nitrogens is 2. The molecule has 1 heterocycles. The molecule has 178 valence electrons. The minimum Gasteiger partial charge on any atom is -0.363 e. The fraction of sp³-hybridized carbons (Fsp3) is 0.522. The largest absolute Gasteiger partial charge is 0.363 e. The number of nitrogens with zero attached hydrogens (tertiary/aromatic N) is 2. The summed E-state index contributed by atoms with van der Waals surface area (Å²) in [5.41, 5.74) is -2.37. The van der Waals surface area contributed by atoms with Crippen molar-refractivity contribution in [3.63, 3.8) is 0 Å². The average Bonchev–Trinajstić information content (AvgIpc) is 2.74. The van der Waals surface area contributed by atoms with Crippen molar-refractivity contribution in [1.29, 1.82) is 0 Å². The summed E-state index contributed by atoms with van der Waals surface area (Å²) in [6, 6.07) is 2.97. The van der Waals surface area contributed by atoms with Gasteiger partial charge >= 0.3 is 0 Å². The van der Waals surface area contributed by atoms with Crippen LogP contribution in [0, 0.1) is 12.7 Å². The molecule has 3 fully saturated rings. The maximum absolute atomic E-state index is 14.6. The van der Waals surface area contributed by atoms with Crippen molar-refractivity contribution in [1.82, 2.24) is 15.3 Å². The second-order valence-electron chi connectivity index (χ2n) is 9.09. The van der Waals surface area contributed by atoms with E-state index in [4.69, 9.17) is 11.6 Å². The van der Waals surface area contributed by atoms with Gasteiger partial charge in [0.2, 0.25) is 0 Å². The lowest BCUT2D eigenvalue weighted by Crippen LogP contribution is -2.57. The summed E-state index contributed by atoms with van der Waals surface area (Å²) in [5.74, 6) is -1.18. The van der Waals surface area contributed by atoms with Crippen molar-refractivity contribution in [2.45, 2.75) is 76.0 Å². The van der Waals surface area contributed by atoms with Crippen LogP contribution in [0.4, 0.5) is 23.4 Å². The number of halogens is 5. The Morgan fingerprint density at radius 1 is 1.09 bits per heavy atom. The number of rotatable bonds is 6. The molecule has 2 aromatic rings. The molecule has 5 nitrogen and oxygen atoms in total. The lowest BCUT2D eigenvalue weighted by atomic mass is 9.64. The van der Waals surface area contributed by atoms with Crippen molar-refractivity contribution in [2.75, 3.05) is 5.32 Å². The second kappa shape index (κ2) is 8.74. The van der Waals surface area contributed by atoms with Crippen molar-refractivity contribution >= 4 is 23.3 Å². The van der Waals surface area contributed by atoms with E-state index in [-0.39, 0.29) is 27.9 Å². The Bertz CT molecular complexity index is 1060. The molecular formula is C23H25ClF4N4O. The number of benzene rings is 1. The number of nitrogens with one attached hydrogen (secondary N) is 2. The Morgan fingerprint density at radius 3 is 2.30 bits per heavy atom. The van der Waals surface area contributed by atoms with Crippen LogP contribution in [0.15, 0.2) is 18.2 Å². The third kappa shape index (κ3) is 4.65. The molecule has 1 amide bonds. The van der Waals surface area contributed by atoms with Crippen LogP contribution < -0.4 is 10.6 Å². The lowest BCUT2D eigenvalue weighted by Gasteiger charge is -2.49. The molecule has 10 heteroatoms. The third-order valence-corrected chi connectivity index (χ3v) is 7.12. The molecule has 2 N–H and O–H groups in total. The molecule has 1 aromatic carbocycles. The Morgan fingerprint density at radius 2 is 1.70 bits per heavy atom. The van der Waals surface area contributed by atoms with E-state index in [1.807, 2.05) is 0 Å². The zero-order valence-corrected chi connectivity index (χ0v) is 19.1. The van der Waals surface area contributed by atoms with Gasteiger partial charge in [0.05, 0.1) is 11.6 Å². The molecule has 2 bridgehead atoms. The maximum Gasteiger partial charge on any atom is 0.266 e. The van der Waals surface area contributed by atoms with Gasteiger partial charge in [-0.25, -0.2) is 27.5 Å². The molecule has 0 spiro atoms. The smallest absolute Gasteiger partial charge is 0.266 e. The monoisotopic (exact) mass is 484 g/mol. The SMILES string of the molecule is Cc1nc(Cl)c(C(=O)NC23CCC(F)(CC2)CC3)c(N[C@H](C)c2cccc(C(F)F)c2F)n1. The molecule has 0 saturated heterocycles. The Labute approximate surface area is 194 Å². The summed E-state index contributed by atoms with van der Waals surface area (Å²) in [4.78, 5) is 21.6. The van der Waals surface area contributed by atoms with E-state index < -0.39 is 41.0 Å². The molecule has 0 radical (unpaired) electrons. The van der Waals surface area contributed by atoms with Gasteiger partial charge in [-0.2, -0.15) is 0 Å². The highest BCUT2D eigenvalue weighted by atomic mass is 35.5. The maximum atomic E-state index is 14.6. The molecule has 3 saturated carbocycles. The number of carbonyl (C=O) groups is 1. The van der Waals surface area contributed by atoms with E-state index in [1.165, 1.54) is 12.1 Å². The number of hydrogen-bond acceptors (Lipinski definition) is 4. The van der Waals surface area contributed by atoms with Crippen molar-refractivity contribution < 1.29 is 22.4 Å². The van der Waals surface area contributed by atoms with Gasteiger partial charge in [0.1, 0.15) is 33.8 Å².